The zero-order valence-corrected chi connectivity index (χ0v) is 14.4. The lowest BCUT2D eigenvalue weighted by molar-refractivity contribution is 0.304. The highest BCUT2D eigenvalue weighted by molar-refractivity contribution is 6.30. The molecule has 0 atom stereocenters. The summed E-state index contributed by atoms with van der Waals surface area (Å²) in [4.78, 5) is 0. The molecule has 0 heterocycles. The van der Waals surface area contributed by atoms with Crippen molar-refractivity contribution in [2.45, 2.75) is 6.61 Å². The lowest BCUT2D eigenvalue weighted by atomic mass is 10.2. The van der Waals surface area contributed by atoms with Crippen LogP contribution in [0.25, 0.3) is 0 Å². The summed E-state index contributed by atoms with van der Waals surface area (Å²) in [6, 6.07) is 17.8. The zero-order valence-electron chi connectivity index (χ0n) is 13.6. The molecule has 26 heavy (non-hydrogen) atoms. The number of nitrogens with one attached hydrogen (secondary N) is 1. The third kappa shape index (κ3) is 5.04. The van der Waals surface area contributed by atoms with Crippen LogP contribution in [0.2, 0.25) is 5.02 Å². The van der Waals surface area contributed by atoms with Crippen molar-refractivity contribution in [1.29, 1.82) is 0 Å². The van der Waals surface area contributed by atoms with Gasteiger partial charge in [-0.05, 0) is 48.0 Å². The zero-order chi connectivity index (χ0) is 18.4. The van der Waals surface area contributed by atoms with Crippen LogP contribution in [0.15, 0.2) is 71.8 Å². The number of ether oxygens (including phenoxy) is 1. The number of hydrogen-bond acceptors (Lipinski definition) is 3. The smallest absolute Gasteiger partial charge is 0.128 e. The minimum absolute atomic E-state index is 0.0171. The summed E-state index contributed by atoms with van der Waals surface area (Å²) in [5.41, 5.74) is 4.77. The van der Waals surface area contributed by atoms with Crippen molar-refractivity contribution < 1.29 is 13.5 Å². The lowest BCUT2D eigenvalue weighted by Crippen LogP contribution is -2.00. The van der Waals surface area contributed by atoms with E-state index in [1.807, 2.05) is 30.3 Å². The molecule has 0 bridgehead atoms. The standard InChI is InChI=1S/C20H15ClF2N2O/c21-16-6-7-20(26-13-14-8-17(22)11-18(23)9-14)15(10-16)12-24-25-19-4-2-1-3-5-19/h1-12,25H,13H2. The molecule has 3 aromatic rings. The molecule has 3 nitrogen and oxygen atoms in total. The van der Waals surface area contributed by atoms with Crippen LogP contribution in [0.1, 0.15) is 11.1 Å². The molecule has 0 fully saturated rings. The molecule has 3 aromatic carbocycles. The molecule has 0 unspecified atom stereocenters. The van der Waals surface area contributed by atoms with Gasteiger partial charge in [-0.2, -0.15) is 5.10 Å². The molecule has 0 aliphatic rings. The first kappa shape index (κ1) is 17.9. The Morgan fingerprint density at radius 2 is 1.69 bits per heavy atom. The van der Waals surface area contributed by atoms with E-state index in [4.69, 9.17) is 16.3 Å². The lowest BCUT2D eigenvalue weighted by Gasteiger charge is -2.10. The quantitative estimate of drug-likeness (QED) is 0.448. The predicted molar refractivity (Wildman–Crippen MR) is 99.8 cm³/mol. The van der Waals surface area contributed by atoms with Crippen molar-refractivity contribution in [3.8, 4) is 5.75 Å². The van der Waals surface area contributed by atoms with E-state index in [0.29, 0.717) is 21.9 Å². The van der Waals surface area contributed by atoms with Crippen LogP contribution < -0.4 is 10.2 Å². The first-order valence-corrected chi connectivity index (χ1v) is 8.19. The van der Waals surface area contributed by atoms with Gasteiger partial charge in [-0.3, -0.25) is 5.43 Å². The normalized spacial score (nSPS) is 10.9. The molecule has 0 saturated heterocycles. The minimum atomic E-state index is -0.645. The number of benzene rings is 3. The first-order valence-electron chi connectivity index (χ1n) is 7.81. The number of halogens is 3. The van der Waals surface area contributed by atoms with Crippen LogP contribution in [-0.2, 0) is 6.61 Å². The molecule has 0 aliphatic heterocycles. The fourth-order valence-corrected chi connectivity index (χ4v) is 2.48. The van der Waals surface area contributed by atoms with Gasteiger partial charge in [0, 0.05) is 16.7 Å². The van der Waals surface area contributed by atoms with Gasteiger partial charge in [0.05, 0.1) is 11.9 Å². The maximum Gasteiger partial charge on any atom is 0.128 e. The highest BCUT2D eigenvalue weighted by Gasteiger charge is 2.06. The molecular formula is C20H15ClF2N2O. The summed E-state index contributed by atoms with van der Waals surface area (Å²) in [5.74, 6) is -0.792. The van der Waals surface area contributed by atoms with Crippen molar-refractivity contribution in [2.75, 3.05) is 5.43 Å². The number of hydrazone groups is 1. The highest BCUT2D eigenvalue weighted by Crippen LogP contribution is 2.23. The van der Waals surface area contributed by atoms with E-state index in [1.165, 1.54) is 12.1 Å². The van der Waals surface area contributed by atoms with Crippen molar-refractivity contribution >= 4 is 23.5 Å². The molecule has 1 N–H and O–H groups in total. The minimum Gasteiger partial charge on any atom is -0.488 e. The molecule has 0 radical (unpaired) electrons. The fourth-order valence-electron chi connectivity index (χ4n) is 2.30. The summed E-state index contributed by atoms with van der Waals surface area (Å²) in [5, 5.41) is 4.69. The van der Waals surface area contributed by atoms with Crippen LogP contribution in [0.4, 0.5) is 14.5 Å². The van der Waals surface area contributed by atoms with E-state index >= 15 is 0 Å². The topological polar surface area (TPSA) is 33.6 Å². The van der Waals surface area contributed by atoms with Gasteiger partial charge in [0.2, 0.25) is 0 Å². The number of hydrogen-bond donors (Lipinski definition) is 1. The van der Waals surface area contributed by atoms with E-state index in [2.05, 4.69) is 10.5 Å². The second kappa shape index (κ2) is 8.45. The molecule has 0 aliphatic carbocycles. The van der Waals surface area contributed by atoms with Gasteiger partial charge < -0.3 is 4.74 Å². The van der Waals surface area contributed by atoms with Gasteiger partial charge in [0.15, 0.2) is 0 Å². The Hall–Kier alpha value is -2.92. The van der Waals surface area contributed by atoms with E-state index < -0.39 is 11.6 Å². The Labute approximate surface area is 154 Å². The van der Waals surface area contributed by atoms with E-state index in [-0.39, 0.29) is 6.61 Å². The molecule has 0 spiro atoms. The summed E-state index contributed by atoms with van der Waals surface area (Å²) in [7, 11) is 0. The van der Waals surface area contributed by atoms with Gasteiger partial charge in [0.25, 0.3) is 0 Å². The van der Waals surface area contributed by atoms with Gasteiger partial charge in [-0.1, -0.05) is 29.8 Å². The van der Waals surface area contributed by atoms with Gasteiger partial charge in [-0.15, -0.1) is 0 Å². The molecule has 6 heteroatoms. The van der Waals surface area contributed by atoms with Crippen molar-refractivity contribution in [1.82, 2.24) is 0 Å². The summed E-state index contributed by atoms with van der Waals surface area (Å²) in [6.07, 6.45) is 1.57. The van der Waals surface area contributed by atoms with E-state index in [0.717, 1.165) is 11.8 Å². The maximum atomic E-state index is 13.3. The maximum absolute atomic E-state index is 13.3. The molecule has 0 aromatic heterocycles. The third-order valence-corrected chi connectivity index (χ3v) is 3.69. The second-order valence-electron chi connectivity index (χ2n) is 5.48. The van der Waals surface area contributed by atoms with Crippen molar-refractivity contribution in [3.63, 3.8) is 0 Å². The SMILES string of the molecule is Fc1cc(F)cc(COc2ccc(Cl)cc2C=NNc2ccccc2)c1. The van der Waals surface area contributed by atoms with Crippen molar-refractivity contribution in [2.24, 2.45) is 5.10 Å². The Bertz CT molecular complexity index is 897. The molecule has 0 amide bonds. The monoisotopic (exact) mass is 372 g/mol. The van der Waals surface area contributed by atoms with Gasteiger partial charge in [-0.25, -0.2) is 8.78 Å². The Morgan fingerprint density at radius 1 is 0.962 bits per heavy atom. The second-order valence-corrected chi connectivity index (χ2v) is 5.92. The molecular weight excluding hydrogens is 358 g/mol. The molecule has 3 rings (SSSR count). The predicted octanol–water partition coefficient (Wildman–Crippen LogP) is 5.64. The fraction of sp³-hybridized carbons (Fsp3) is 0.0500. The number of para-hydroxylation sites is 1. The van der Waals surface area contributed by atoms with Gasteiger partial charge in [0.1, 0.15) is 24.0 Å². The number of rotatable bonds is 6. The van der Waals surface area contributed by atoms with E-state index in [1.54, 1.807) is 24.4 Å². The average molecular weight is 373 g/mol. The third-order valence-electron chi connectivity index (χ3n) is 3.46. The van der Waals surface area contributed by atoms with Gasteiger partial charge >= 0.3 is 0 Å². The Kier molecular flexibility index (Phi) is 5.81. The molecule has 0 saturated carbocycles. The van der Waals surface area contributed by atoms with Crippen LogP contribution >= 0.6 is 11.6 Å². The number of nitrogens with zero attached hydrogens (tertiary/aromatic N) is 1. The molecule has 132 valence electrons. The largest absolute Gasteiger partial charge is 0.488 e. The van der Waals surface area contributed by atoms with Crippen LogP contribution in [-0.4, -0.2) is 6.21 Å². The summed E-state index contributed by atoms with van der Waals surface area (Å²) in [6.45, 7) is 0.0171. The Morgan fingerprint density at radius 3 is 2.42 bits per heavy atom. The van der Waals surface area contributed by atoms with Crippen LogP contribution in [0.5, 0.6) is 5.75 Å². The van der Waals surface area contributed by atoms with Crippen molar-refractivity contribution in [3.05, 3.63) is 94.5 Å². The summed E-state index contributed by atoms with van der Waals surface area (Å²) >= 11 is 6.03. The highest BCUT2D eigenvalue weighted by atomic mass is 35.5. The van der Waals surface area contributed by atoms with E-state index in [9.17, 15) is 8.78 Å². The Balaban J connectivity index is 1.73. The number of anilines is 1. The summed E-state index contributed by atoms with van der Waals surface area (Å²) < 4.78 is 32.2. The van der Waals surface area contributed by atoms with Crippen LogP contribution in [0.3, 0.4) is 0 Å². The average Bonchev–Trinajstić information content (AvgIpc) is 2.61. The van der Waals surface area contributed by atoms with Crippen LogP contribution in [0, 0.1) is 11.6 Å². The first-order chi connectivity index (χ1) is 12.6.